The number of fused-ring (bicyclic) bond motifs is 1. The smallest absolute Gasteiger partial charge is 0.316 e. The second-order valence-electron chi connectivity index (χ2n) is 17.1. The zero-order valence-electron chi connectivity index (χ0n) is 30.8. The van der Waals surface area contributed by atoms with Crippen molar-refractivity contribution >= 4 is 39.4 Å². The van der Waals surface area contributed by atoms with Crippen LogP contribution in [0.25, 0.3) is 0 Å². The van der Waals surface area contributed by atoms with Crippen molar-refractivity contribution in [2.75, 3.05) is 25.4 Å². The fraction of sp³-hybridized carbons (Fsp3) is 0.865. The third-order valence-corrected chi connectivity index (χ3v) is 13.9. The monoisotopic (exact) mass is 737 g/mol. The normalized spacial score (nSPS) is 28.5. The first-order chi connectivity index (χ1) is 23.4. The molecule has 4 N–H and O–H groups in total. The number of carbonyl (C=O) groups is 5. The maximum Gasteiger partial charge on any atom is 0.316 e. The molecule has 0 spiro atoms. The van der Waals surface area contributed by atoms with Crippen LogP contribution in [0.2, 0.25) is 0 Å². The predicted molar refractivity (Wildman–Crippen MR) is 194 cm³/mol. The molecule has 14 heteroatoms. The Morgan fingerprint density at radius 3 is 2.24 bits per heavy atom. The van der Waals surface area contributed by atoms with Crippen molar-refractivity contribution < 1.29 is 37.1 Å². The maximum atomic E-state index is 14.5. The lowest BCUT2D eigenvalue weighted by molar-refractivity contribution is -0.145. The van der Waals surface area contributed by atoms with E-state index in [1.54, 1.807) is 0 Å². The van der Waals surface area contributed by atoms with E-state index in [9.17, 15) is 32.4 Å². The molecule has 3 saturated carbocycles. The second-order valence-corrected chi connectivity index (χ2v) is 19.3. The standard InChI is InChI=1S/C36H59N5O8S.CH4/c1-7-8-13-24(27(42)30(44)37-20-22-14-15-22)38-29(43)26-25-23(35(25,5)6)21-41(26)31(45)28(34(2,3)4)39-33(46)40-36(16-10-9-11-17-36)32-49-18-12-19-50(32,47)48;/h22-26,28,32H,7-21H2,1-6H3,(H,37,44)(H,38,43)(H2,39,40,46);1H4/t23-,24-,25-,26-,28+,32?;/m0./s1. The fourth-order valence-corrected chi connectivity index (χ4v) is 10.5. The van der Waals surface area contributed by atoms with Crippen molar-refractivity contribution in [3.63, 3.8) is 0 Å². The van der Waals surface area contributed by atoms with Gasteiger partial charge in [-0.3, -0.25) is 19.2 Å². The van der Waals surface area contributed by atoms with Gasteiger partial charge in [0.15, 0.2) is 15.3 Å². The van der Waals surface area contributed by atoms with E-state index in [1.165, 1.54) is 4.90 Å². The average Bonchev–Trinajstić information content (AvgIpc) is 3.91. The van der Waals surface area contributed by atoms with Gasteiger partial charge in [-0.1, -0.05) is 81.1 Å². The van der Waals surface area contributed by atoms with Gasteiger partial charge in [0.2, 0.25) is 17.6 Å². The van der Waals surface area contributed by atoms with Crippen molar-refractivity contribution in [3.8, 4) is 0 Å². The van der Waals surface area contributed by atoms with Crippen LogP contribution in [-0.2, 0) is 33.8 Å². The van der Waals surface area contributed by atoms with Gasteiger partial charge in [-0.25, -0.2) is 13.2 Å². The molecule has 5 fully saturated rings. The zero-order valence-corrected chi connectivity index (χ0v) is 31.6. The summed E-state index contributed by atoms with van der Waals surface area (Å²) in [6.07, 6.45) is 7.48. The largest absolute Gasteiger partial charge is 0.360 e. The number of urea groups is 1. The molecule has 13 nitrogen and oxygen atoms in total. The van der Waals surface area contributed by atoms with E-state index in [2.05, 4.69) is 35.1 Å². The van der Waals surface area contributed by atoms with Crippen molar-refractivity contribution in [2.45, 2.75) is 149 Å². The fourth-order valence-electron chi connectivity index (χ4n) is 8.53. The van der Waals surface area contributed by atoms with Crippen LogP contribution in [0.15, 0.2) is 0 Å². The quantitative estimate of drug-likeness (QED) is 0.208. The van der Waals surface area contributed by atoms with Crippen molar-refractivity contribution in [1.29, 1.82) is 0 Å². The van der Waals surface area contributed by atoms with Gasteiger partial charge in [0.25, 0.3) is 5.91 Å². The van der Waals surface area contributed by atoms with E-state index in [4.69, 9.17) is 4.74 Å². The van der Waals surface area contributed by atoms with Gasteiger partial charge in [0.1, 0.15) is 12.1 Å². The van der Waals surface area contributed by atoms with Gasteiger partial charge in [0.05, 0.1) is 17.3 Å². The topological polar surface area (TPSA) is 180 Å². The molecule has 51 heavy (non-hydrogen) atoms. The molecule has 0 aromatic heterocycles. The number of sulfone groups is 1. The first-order valence-electron chi connectivity index (χ1n) is 18.8. The Balaban J connectivity index is 0.00000583. The Kier molecular flexibility index (Phi) is 12.6. The molecule has 2 heterocycles. The van der Waals surface area contributed by atoms with E-state index in [1.807, 2.05) is 27.7 Å². The molecule has 5 aliphatic rings. The third-order valence-electron chi connectivity index (χ3n) is 11.8. The number of nitrogens with zero attached hydrogens (tertiary/aromatic N) is 1. The van der Waals surface area contributed by atoms with Gasteiger partial charge in [-0.05, 0) is 67.1 Å². The minimum atomic E-state index is -3.61. The number of piperidine rings is 1. The van der Waals surface area contributed by atoms with Crippen LogP contribution in [-0.4, -0.2) is 97.4 Å². The lowest BCUT2D eigenvalue weighted by atomic mass is 9.81. The van der Waals surface area contributed by atoms with Crippen LogP contribution in [0.3, 0.4) is 0 Å². The Morgan fingerprint density at radius 2 is 1.65 bits per heavy atom. The van der Waals surface area contributed by atoms with E-state index < -0.39 is 73.9 Å². The molecule has 1 unspecified atom stereocenters. The molecule has 3 aliphatic carbocycles. The molecule has 2 aliphatic heterocycles. The number of hydrogen-bond acceptors (Lipinski definition) is 8. The van der Waals surface area contributed by atoms with E-state index in [-0.39, 0.29) is 30.4 Å². The molecule has 2 saturated heterocycles. The van der Waals surface area contributed by atoms with Gasteiger partial charge >= 0.3 is 6.03 Å². The summed E-state index contributed by atoms with van der Waals surface area (Å²) in [5.41, 5.74) is -3.24. The summed E-state index contributed by atoms with van der Waals surface area (Å²) in [7, 11) is -3.61. The van der Waals surface area contributed by atoms with Gasteiger partial charge in [-0.15, -0.1) is 0 Å². The Labute approximate surface area is 304 Å². The highest BCUT2D eigenvalue weighted by molar-refractivity contribution is 7.92. The predicted octanol–water partition coefficient (Wildman–Crippen LogP) is 3.45. The summed E-state index contributed by atoms with van der Waals surface area (Å²) >= 11 is 0. The van der Waals surface area contributed by atoms with Gasteiger partial charge in [0, 0.05) is 19.7 Å². The van der Waals surface area contributed by atoms with Crippen molar-refractivity contribution in [1.82, 2.24) is 26.2 Å². The summed E-state index contributed by atoms with van der Waals surface area (Å²) in [5.74, 6) is -1.97. The Morgan fingerprint density at radius 1 is 0.980 bits per heavy atom. The molecule has 0 aromatic rings. The van der Waals surface area contributed by atoms with Crippen LogP contribution in [0.4, 0.5) is 4.79 Å². The molecule has 290 valence electrons. The number of rotatable bonds is 13. The minimum absolute atomic E-state index is 0. The lowest BCUT2D eigenvalue weighted by Gasteiger charge is -2.45. The zero-order chi connectivity index (χ0) is 36.6. The maximum absolute atomic E-state index is 14.5. The number of nitrogens with one attached hydrogen (secondary N) is 4. The number of ether oxygens (including phenoxy) is 1. The summed E-state index contributed by atoms with van der Waals surface area (Å²) in [4.78, 5) is 70.0. The second kappa shape index (κ2) is 15.7. The van der Waals surface area contributed by atoms with Crippen LogP contribution in [0.5, 0.6) is 0 Å². The van der Waals surface area contributed by atoms with E-state index >= 15 is 0 Å². The third kappa shape index (κ3) is 8.91. The van der Waals surface area contributed by atoms with Crippen LogP contribution in [0, 0.1) is 28.6 Å². The molecule has 0 radical (unpaired) electrons. The highest BCUT2D eigenvalue weighted by atomic mass is 32.2. The summed E-state index contributed by atoms with van der Waals surface area (Å²) < 4.78 is 32.1. The molecule has 0 aromatic carbocycles. The van der Waals surface area contributed by atoms with E-state index in [0.717, 1.165) is 38.5 Å². The SMILES string of the molecule is C.CCCC[C@H](NC(=O)[C@@H]1[C@@H]2[C@H](CN1C(=O)[C@@H](NC(=O)NC1(C3OCCCS3(=O)=O)CCCCC1)C(C)(C)C)C2(C)C)C(=O)C(=O)NCC1CC1. The van der Waals surface area contributed by atoms with Crippen LogP contribution < -0.4 is 21.3 Å². The van der Waals surface area contributed by atoms with E-state index in [0.29, 0.717) is 57.7 Å². The Hall–Kier alpha value is -2.74. The van der Waals surface area contributed by atoms with Crippen molar-refractivity contribution in [2.24, 2.45) is 28.6 Å². The lowest BCUT2D eigenvalue weighted by Crippen LogP contribution is -2.66. The number of ketones is 1. The van der Waals surface area contributed by atoms with Crippen LogP contribution in [0.1, 0.15) is 120 Å². The number of unbranched alkanes of at least 4 members (excludes halogenated alkanes) is 1. The average molecular weight is 738 g/mol. The number of likely N-dealkylation sites (tertiary alicyclic amines) is 1. The number of carbonyl (C=O) groups excluding carboxylic acids is 5. The molecule has 6 atom stereocenters. The minimum Gasteiger partial charge on any atom is -0.360 e. The summed E-state index contributed by atoms with van der Waals surface area (Å²) in [6, 6.07) is -3.59. The molecular weight excluding hydrogens is 675 g/mol. The molecule has 5 rings (SSSR count). The molecular formula is C37H63N5O8S. The highest BCUT2D eigenvalue weighted by Crippen LogP contribution is 2.65. The number of amides is 5. The van der Waals surface area contributed by atoms with Gasteiger partial charge in [-0.2, -0.15) is 0 Å². The Bertz CT molecular complexity index is 1430. The first kappa shape index (κ1) is 41.0. The summed E-state index contributed by atoms with van der Waals surface area (Å²) in [6.45, 7) is 12.6. The van der Waals surface area contributed by atoms with Gasteiger partial charge < -0.3 is 30.9 Å². The number of hydrogen-bond donors (Lipinski definition) is 4. The van der Waals surface area contributed by atoms with Crippen molar-refractivity contribution in [3.05, 3.63) is 0 Å². The highest BCUT2D eigenvalue weighted by Gasteiger charge is 2.70. The number of Topliss-reactive ketones (excluding diaryl/α,β-unsaturated/α-hetero) is 1. The molecule has 0 bridgehead atoms. The van der Waals surface area contributed by atoms with Crippen LogP contribution >= 0.6 is 0 Å². The molecule has 5 amide bonds. The first-order valence-corrected chi connectivity index (χ1v) is 20.5. The summed E-state index contributed by atoms with van der Waals surface area (Å²) in [5, 5.41) is 11.4.